The molecular weight excluding hydrogens is 202 g/mol. The minimum atomic E-state index is -1.18. The van der Waals surface area contributed by atoms with Crippen molar-refractivity contribution < 1.29 is 9.90 Å². The van der Waals surface area contributed by atoms with Gasteiger partial charge in [0.25, 0.3) is 0 Å². The van der Waals surface area contributed by atoms with Crippen LogP contribution in [0.15, 0.2) is 42.6 Å². The number of benzene rings is 1. The summed E-state index contributed by atoms with van der Waals surface area (Å²) >= 11 is 0. The van der Waals surface area contributed by atoms with Gasteiger partial charge in [-0.1, -0.05) is 23.8 Å². The van der Waals surface area contributed by atoms with Crippen LogP contribution in [0.3, 0.4) is 0 Å². The molecule has 0 bridgehead atoms. The lowest BCUT2D eigenvalue weighted by Crippen LogP contribution is -2.22. The van der Waals surface area contributed by atoms with Gasteiger partial charge in [-0.3, -0.25) is 4.98 Å². The van der Waals surface area contributed by atoms with Crippen molar-refractivity contribution in [2.75, 3.05) is 0 Å². The number of carboxylic acids is 1. The molecule has 0 unspecified atom stereocenters. The molecule has 0 atom stereocenters. The molecule has 1 aromatic carbocycles. The van der Waals surface area contributed by atoms with Crippen LogP contribution in [-0.4, -0.2) is 11.0 Å². The van der Waals surface area contributed by atoms with Crippen LogP contribution in [-0.2, 0) is 0 Å². The smallest absolute Gasteiger partial charge is 0.0716 e. The molecule has 0 saturated carbocycles. The first-order chi connectivity index (χ1) is 7.66. The van der Waals surface area contributed by atoms with Crippen molar-refractivity contribution in [3.8, 4) is 11.3 Å². The fraction of sp³-hybridized carbons (Fsp3) is 0.0769. The van der Waals surface area contributed by atoms with E-state index >= 15 is 0 Å². The first kappa shape index (κ1) is 10.4. The first-order valence-corrected chi connectivity index (χ1v) is 4.91. The fourth-order valence-corrected chi connectivity index (χ4v) is 1.52. The van der Waals surface area contributed by atoms with Crippen molar-refractivity contribution in [3.05, 3.63) is 53.7 Å². The zero-order chi connectivity index (χ0) is 11.5. The van der Waals surface area contributed by atoms with E-state index in [4.69, 9.17) is 0 Å². The number of pyridine rings is 1. The Hall–Kier alpha value is -2.16. The molecule has 0 saturated heterocycles. The lowest BCUT2D eigenvalue weighted by Gasteiger charge is -2.05. The summed E-state index contributed by atoms with van der Waals surface area (Å²) in [4.78, 5) is 14.9. The van der Waals surface area contributed by atoms with Gasteiger partial charge in [0, 0.05) is 17.3 Å². The molecule has 0 N–H and O–H groups in total. The highest BCUT2D eigenvalue weighted by Crippen LogP contribution is 2.18. The van der Waals surface area contributed by atoms with Crippen molar-refractivity contribution in [1.82, 2.24) is 4.98 Å². The Labute approximate surface area is 93.4 Å². The minimum Gasteiger partial charge on any atom is -0.545 e. The number of hydrogen-bond acceptors (Lipinski definition) is 3. The summed E-state index contributed by atoms with van der Waals surface area (Å²) in [6.45, 7) is 1.98. The Morgan fingerprint density at radius 1 is 1.25 bits per heavy atom. The summed E-state index contributed by atoms with van der Waals surface area (Å²) in [5, 5.41) is 10.7. The van der Waals surface area contributed by atoms with Crippen LogP contribution in [0.5, 0.6) is 0 Å². The Bertz CT molecular complexity index is 535. The summed E-state index contributed by atoms with van der Waals surface area (Å²) < 4.78 is 0. The number of hydrogen-bond donors (Lipinski definition) is 0. The van der Waals surface area contributed by atoms with E-state index in [9.17, 15) is 9.90 Å². The van der Waals surface area contributed by atoms with Crippen LogP contribution in [0.1, 0.15) is 15.9 Å². The van der Waals surface area contributed by atoms with Crippen LogP contribution in [0.25, 0.3) is 11.3 Å². The maximum Gasteiger partial charge on any atom is 0.0716 e. The van der Waals surface area contributed by atoms with Crippen molar-refractivity contribution in [1.29, 1.82) is 0 Å². The fourth-order valence-electron chi connectivity index (χ4n) is 1.52. The second-order valence-electron chi connectivity index (χ2n) is 3.59. The Balaban J connectivity index is 2.48. The van der Waals surface area contributed by atoms with Crippen molar-refractivity contribution in [2.45, 2.75) is 6.92 Å². The van der Waals surface area contributed by atoms with E-state index in [1.54, 1.807) is 0 Å². The van der Waals surface area contributed by atoms with Crippen molar-refractivity contribution >= 4 is 5.97 Å². The van der Waals surface area contributed by atoms with Gasteiger partial charge in [0.2, 0.25) is 0 Å². The zero-order valence-corrected chi connectivity index (χ0v) is 8.81. The van der Waals surface area contributed by atoms with E-state index in [0.717, 1.165) is 11.1 Å². The third-order valence-electron chi connectivity index (χ3n) is 2.31. The summed E-state index contributed by atoms with van der Waals surface area (Å²) in [6, 6.07) is 10.7. The molecule has 0 aliphatic rings. The second kappa shape index (κ2) is 4.14. The van der Waals surface area contributed by atoms with E-state index in [-0.39, 0.29) is 5.56 Å². The molecule has 0 aliphatic heterocycles. The summed E-state index contributed by atoms with van der Waals surface area (Å²) in [7, 11) is 0. The molecule has 0 fully saturated rings. The molecule has 2 aromatic rings. The largest absolute Gasteiger partial charge is 0.545 e. The molecule has 16 heavy (non-hydrogen) atoms. The molecule has 1 aromatic heterocycles. The lowest BCUT2D eigenvalue weighted by molar-refractivity contribution is -0.255. The molecule has 2 rings (SSSR count). The molecule has 3 nitrogen and oxygen atoms in total. The quantitative estimate of drug-likeness (QED) is 0.756. The summed E-state index contributed by atoms with van der Waals surface area (Å²) in [5.41, 5.74) is 2.80. The van der Waals surface area contributed by atoms with Gasteiger partial charge in [0.05, 0.1) is 11.7 Å². The third-order valence-corrected chi connectivity index (χ3v) is 2.31. The number of rotatable bonds is 2. The minimum absolute atomic E-state index is 0.145. The normalized spacial score (nSPS) is 10.1. The monoisotopic (exact) mass is 212 g/mol. The maximum absolute atomic E-state index is 10.7. The first-order valence-electron chi connectivity index (χ1n) is 4.91. The molecule has 0 radical (unpaired) electrons. The topological polar surface area (TPSA) is 53.0 Å². The van der Waals surface area contributed by atoms with Gasteiger partial charge in [0.15, 0.2) is 0 Å². The molecule has 0 spiro atoms. The van der Waals surface area contributed by atoms with Gasteiger partial charge in [-0.05, 0) is 25.1 Å². The maximum atomic E-state index is 10.7. The predicted molar refractivity (Wildman–Crippen MR) is 58.7 cm³/mol. The summed E-state index contributed by atoms with van der Waals surface area (Å²) in [5.74, 6) is -1.18. The Morgan fingerprint density at radius 3 is 2.75 bits per heavy atom. The highest BCUT2D eigenvalue weighted by molar-refractivity contribution is 5.87. The molecule has 3 heteroatoms. The van der Waals surface area contributed by atoms with Crippen LogP contribution in [0.4, 0.5) is 0 Å². The second-order valence-corrected chi connectivity index (χ2v) is 3.59. The third kappa shape index (κ3) is 2.08. The Morgan fingerprint density at radius 2 is 2.06 bits per heavy atom. The van der Waals surface area contributed by atoms with Gasteiger partial charge >= 0.3 is 0 Å². The number of carbonyl (C=O) groups excluding carboxylic acids is 1. The van der Waals surface area contributed by atoms with Crippen LogP contribution >= 0.6 is 0 Å². The number of nitrogens with zero attached hydrogens (tertiary/aromatic N) is 1. The molecular formula is C13H10NO2-. The Kier molecular flexibility index (Phi) is 2.68. The number of carbonyl (C=O) groups is 1. The highest BCUT2D eigenvalue weighted by Gasteiger charge is 2.01. The van der Waals surface area contributed by atoms with Gasteiger partial charge in [-0.25, -0.2) is 0 Å². The SMILES string of the molecule is Cc1cccc(-c2cc(C(=O)[O-])ccn2)c1. The lowest BCUT2D eigenvalue weighted by atomic mass is 10.1. The van der Waals surface area contributed by atoms with Crippen LogP contribution in [0.2, 0.25) is 0 Å². The van der Waals surface area contributed by atoms with Gasteiger partial charge in [-0.15, -0.1) is 0 Å². The van der Waals surface area contributed by atoms with Gasteiger partial charge in [-0.2, -0.15) is 0 Å². The molecule has 0 aliphatic carbocycles. The van der Waals surface area contributed by atoms with E-state index in [2.05, 4.69) is 4.98 Å². The van der Waals surface area contributed by atoms with Gasteiger partial charge < -0.3 is 9.90 Å². The number of aromatic carboxylic acids is 1. The van der Waals surface area contributed by atoms with E-state index in [1.807, 2.05) is 31.2 Å². The molecule has 1 heterocycles. The zero-order valence-electron chi connectivity index (χ0n) is 8.81. The predicted octanol–water partition coefficient (Wildman–Crippen LogP) is 1.42. The van der Waals surface area contributed by atoms with Gasteiger partial charge in [0.1, 0.15) is 0 Å². The average molecular weight is 212 g/mol. The van der Waals surface area contributed by atoms with Crippen molar-refractivity contribution in [3.63, 3.8) is 0 Å². The number of aromatic nitrogens is 1. The van der Waals surface area contributed by atoms with Crippen LogP contribution in [0, 0.1) is 6.92 Å². The van der Waals surface area contributed by atoms with E-state index in [0.29, 0.717) is 5.69 Å². The molecule has 0 amide bonds. The van der Waals surface area contributed by atoms with E-state index < -0.39 is 5.97 Å². The number of aryl methyl sites for hydroxylation is 1. The summed E-state index contributed by atoms with van der Waals surface area (Å²) in [6.07, 6.45) is 1.48. The number of carboxylic acid groups (broad SMARTS) is 1. The molecule has 80 valence electrons. The van der Waals surface area contributed by atoms with Crippen molar-refractivity contribution in [2.24, 2.45) is 0 Å². The highest BCUT2D eigenvalue weighted by atomic mass is 16.4. The van der Waals surface area contributed by atoms with Crippen LogP contribution < -0.4 is 5.11 Å². The average Bonchev–Trinajstić information content (AvgIpc) is 2.29. The standard InChI is InChI=1S/C13H11NO2/c1-9-3-2-4-10(7-9)12-8-11(13(15)16)5-6-14-12/h2-8H,1H3,(H,15,16)/p-1. The van der Waals surface area contributed by atoms with E-state index in [1.165, 1.54) is 18.3 Å².